The number of rotatable bonds is 3. The van der Waals surface area contributed by atoms with E-state index in [0.29, 0.717) is 17.7 Å². The van der Waals surface area contributed by atoms with E-state index in [1.807, 2.05) is 0 Å². The molecule has 0 bridgehead atoms. The summed E-state index contributed by atoms with van der Waals surface area (Å²) in [6.45, 7) is 4.10. The summed E-state index contributed by atoms with van der Waals surface area (Å²) in [5.74, 6) is 0.179. The molecule has 6 heteroatoms. The Morgan fingerprint density at radius 3 is 2.54 bits per heavy atom. The van der Waals surface area contributed by atoms with Crippen LogP contribution in [0.25, 0.3) is 5.70 Å². The van der Waals surface area contributed by atoms with Gasteiger partial charge in [0.1, 0.15) is 5.02 Å². The van der Waals surface area contributed by atoms with E-state index in [2.05, 4.69) is 19.2 Å². The SMILES string of the molecule is CC1(C)Cc2cc(Cl)c([N+](=O)[O-])cc2/C(=C/C(=O)C2CCCCCC2)N1. The number of hydrogen-bond acceptors (Lipinski definition) is 4. The van der Waals surface area contributed by atoms with Gasteiger partial charge in [-0.2, -0.15) is 0 Å². The van der Waals surface area contributed by atoms with Crippen molar-refractivity contribution in [2.45, 2.75) is 64.3 Å². The molecule has 0 radical (unpaired) electrons. The van der Waals surface area contributed by atoms with Gasteiger partial charge in [0.25, 0.3) is 5.69 Å². The fourth-order valence-electron chi connectivity index (χ4n) is 4.03. The van der Waals surface area contributed by atoms with Gasteiger partial charge in [-0.1, -0.05) is 37.3 Å². The maximum atomic E-state index is 12.8. The quantitative estimate of drug-likeness (QED) is 0.346. The number of carbonyl (C=O) groups is 1. The zero-order chi connectivity index (χ0) is 18.9. The van der Waals surface area contributed by atoms with Gasteiger partial charge < -0.3 is 5.32 Å². The van der Waals surface area contributed by atoms with E-state index >= 15 is 0 Å². The summed E-state index contributed by atoms with van der Waals surface area (Å²) >= 11 is 6.09. The highest BCUT2D eigenvalue weighted by Crippen LogP contribution is 2.37. The van der Waals surface area contributed by atoms with Gasteiger partial charge in [0, 0.05) is 34.9 Å². The fraction of sp³-hybridized carbons (Fsp3) is 0.550. The van der Waals surface area contributed by atoms with Crippen LogP contribution in [0.3, 0.4) is 0 Å². The Kier molecular flexibility index (Phi) is 5.37. The summed E-state index contributed by atoms with van der Waals surface area (Å²) in [7, 11) is 0. The van der Waals surface area contributed by atoms with Crippen LogP contribution >= 0.6 is 11.6 Å². The van der Waals surface area contributed by atoms with Crippen LogP contribution in [0.2, 0.25) is 5.02 Å². The first-order valence-corrected chi connectivity index (χ1v) is 9.65. The predicted molar refractivity (Wildman–Crippen MR) is 103 cm³/mol. The molecular weight excluding hydrogens is 352 g/mol. The van der Waals surface area contributed by atoms with Crippen molar-refractivity contribution in [1.29, 1.82) is 0 Å². The number of ketones is 1. The lowest BCUT2D eigenvalue weighted by Gasteiger charge is -2.35. The Labute approximate surface area is 159 Å². The number of nitrogens with one attached hydrogen (secondary N) is 1. The molecule has 26 heavy (non-hydrogen) atoms. The molecule has 0 unspecified atom stereocenters. The normalized spacial score (nSPS) is 21.6. The van der Waals surface area contributed by atoms with Crippen molar-refractivity contribution in [2.75, 3.05) is 0 Å². The van der Waals surface area contributed by atoms with Crippen molar-refractivity contribution in [2.24, 2.45) is 5.92 Å². The van der Waals surface area contributed by atoms with E-state index in [1.54, 1.807) is 12.1 Å². The van der Waals surface area contributed by atoms with Gasteiger partial charge in [-0.3, -0.25) is 14.9 Å². The molecule has 2 aliphatic rings. The number of benzene rings is 1. The first-order chi connectivity index (χ1) is 12.3. The summed E-state index contributed by atoms with van der Waals surface area (Å²) in [6, 6.07) is 3.16. The number of allylic oxidation sites excluding steroid dienone is 1. The Bertz CT molecular complexity index is 763. The van der Waals surface area contributed by atoms with Crippen molar-refractivity contribution in [3.05, 3.63) is 44.5 Å². The van der Waals surface area contributed by atoms with E-state index in [1.165, 1.54) is 18.9 Å². The van der Waals surface area contributed by atoms with Crippen LogP contribution in [0, 0.1) is 16.0 Å². The van der Waals surface area contributed by atoms with Crippen LogP contribution in [-0.2, 0) is 11.2 Å². The highest BCUT2D eigenvalue weighted by Gasteiger charge is 2.31. The smallest absolute Gasteiger partial charge is 0.288 e. The first-order valence-electron chi connectivity index (χ1n) is 9.28. The lowest BCUT2D eigenvalue weighted by molar-refractivity contribution is -0.384. The molecule has 1 saturated carbocycles. The highest BCUT2D eigenvalue weighted by molar-refractivity contribution is 6.32. The zero-order valence-corrected chi connectivity index (χ0v) is 16.1. The van der Waals surface area contributed by atoms with Crippen molar-refractivity contribution in [3.63, 3.8) is 0 Å². The molecule has 1 aromatic carbocycles. The molecule has 1 heterocycles. The Balaban J connectivity index is 2.00. The number of fused-ring (bicyclic) bond motifs is 1. The average molecular weight is 377 g/mol. The second kappa shape index (κ2) is 7.39. The third-order valence-electron chi connectivity index (χ3n) is 5.31. The molecule has 1 aliphatic carbocycles. The number of halogens is 1. The minimum absolute atomic E-state index is 0.0579. The van der Waals surface area contributed by atoms with Crippen molar-refractivity contribution < 1.29 is 9.72 Å². The molecule has 1 aliphatic heterocycles. The molecule has 140 valence electrons. The molecule has 1 N–H and O–H groups in total. The number of nitro groups is 1. The van der Waals surface area contributed by atoms with E-state index in [0.717, 1.165) is 31.2 Å². The highest BCUT2D eigenvalue weighted by atomic mass is 35.5. The maximum Gasteiger partial charge on any atom is 0.288 e. The minimum atomic E-state index is -0.479. The van der Waals surface area contributed by atoms with Crippen LogP contribution in [0.15, 0.2) is 18.2 Å². The van der Waals surface area contributed by atoms with Gasteiger partial charge in [-0.05, 0) is 44.7 Å². The van der Waals surface area contributed by atoms with Gasteiger partial charge in [0.15, 0.2) is 5.78 Å². The Hall–Kier alpha value is -1.88. The Morgan fingerprint density at radius 1 is 1.27 bits per heavy atom. The Morgan fingerprint density at radius 2 is 1.92 bits per heavy atom. The van der Waals surface area contributed by atoms with Gasteiger partial charge in [0.05, 0.1) is 4.92 Å². The van der Waals surface area contributed by atoms with Gasteiger partial charge >= 0.3 is 0 Å². The molecule has 0 saturated heterocycles. The lowest BCUT2D eigenvalue weighted by Crippen LogP contribution is -2.44. The van der Waals surface area contributed by atoms with Crippen LogP contribution in [0.4, 0.5) is 5.69 Å². The predicted octanol–water partition coefficient (Wildman–Crippen LogP) is 5.05. The van der Waals surface area contributed by atoms with Crippen LogP contribution < -0.4 is 5.32 Å². The monoisotopic (exact) mass is 376 g/mol. The molecular formula is C20H25ClN2O3. The molecule has 1 aromatic rings. The molecule has 0 atom stereocenters. The molecule has 0 spiro atoms. The molecule has 0 aromatic heterocycles. The topological polar surface area (TPSA) is 72.2 Å². The first kappa shape index (κ1) is 18.9. The second-order valence-corrected chi connectivity index (χ2v) is 8.46. The standard InChI is InChI=1S/C20H25ClN2O3/c1-20(2)12-14-9-16(21)18(23(25)26)10-15(14)17(22-20)11-19(24)13-7-5-3-4-6-8-13/h9-11,13,22H,3-8,12H2,1-2H3/b17-11-. The summed E-state index contributed by atoms with van der Waals surface area (Å²) in [5, 5.41) is 14.8. The molecule has 3 rings (SSSR count). The maximum absolute atomic E-state index is 12.8. The van der Waals surface area contributed by atoms with Crippen LogP contribution in [0.5, 0.6) is 0 Å². The van der Waals surface area contributed by atoms with Crippen LogP contribution in [0.1, 0.15) is 63.5 Å². The fourth-order valence-corrected chi connectivity index (χ4v) is 4.29. The minimum Gasteiger partial charge on any atom is -0.379 e. The third kappa shape index (κ3) is 4.09. The van der Waals surface area contributed by atoms with Gasteiger partial charge in [-0.15, -0.1) is 0 Å². The number of hydrogen-bond donors (Lipinski definition) is 1. The zero-order valence-electron chi connectivity index (χ0n) is 15.3. The second-order valence-electron chi connectivity index (χ2n) is 8.05. The van der Waals surface area contributed by atoms with E-state index in [4.69, 9.17) is 11.6 Å². The largest absolute Gasteiger partial charge is 0.379 e. The van der Waals surface area contributed by atoms with E-state index in [-0.39, 0.29) is 28.0 Å². The average Bonchev–Trinajstić information content (AvgIpc) is 2.82. The molecule has 1 fully saturated rings. The van der Waals surface area contributed by atoms with Gasteiger partial charge in [-0.25, -0.2) is 0 Å². The summed E-state index contributed by atoms with van der Waals surface area (Å²) in [4.78, 5) is 23.6. The molecule has 5 nitrogen and oxygen atoms in total. The van der Waals surface area contributed by atoms with E-state index < -0.39 is 4.92 Å². The summed E-state index contributed by atoms with van der Waals surface area (Å²) in [6.07, 6.45) is 8.78. The summed E-state index contributed by atoms with van der Waals surface area (Å²) < 4.78 is 0. The number of nitro benzene ring substituents is 1. The third-order valence-corrected chi connectivity index (χ3v) is 5.61. The lowest BCUT2D eigenvalue weighted by atomic mass is 9.84. The van der Waals surface area contributed by atoms with Crippen molar-refractivity contribution in [3.8, 4) is 0 Å². The summed E-state index contributed by atoms with van der Waals surface area (Å²) in [5.41, 5.74) is 1.94. The number of nitrogens with zero attached hydrogens (tertiary/aromatic N) is 1. The van der Waals surface area contributed by atoms with Crippen molar-refractivity contribution >= 4 is 28.8 Å². The number of carbonyl (C=O) groups excluding carboxylic acids is 1. The van der Waals surface area contributed by atoms with E-state index in [9.17, 15) is 14.9 Å². The van der Waals surface area contributed by atoms with Gasteiger partial charge in [0.2, 0.25) is 0 Å². The van der Waals surface area contributed by atoms with Crippen molar-refractivity contribution in [1.82, 2.24) is 5.32 Å². The van der Waals surface area contributed by atoms with Crippen LogP contribution in [-0.4, -0.2) is 16.2 Å². The molecule has 0 amide bonds.